The largest absolute Gasteiger partial charge is 0.390 e. The van der Waals surface area contributed by atoms with Crippen molar-refractivity contribution >= 4 is 0 Å². The van der Waals surface area contributed by atoms with Crippen LogP contribution in [0.15, 0.2) is 0 Å². The zero-order valence-corrected chi connectivity index (χ0v) is 5.58. The normalized spacial score (nSPS) is 43.7. The molecule has 0 aliphatic heterocycles. The van der Waals surface area contributed by atoms with E-state index in [2.05, 4.69) is 0 Å². The van der Waals surface area contributed by atoms with Crippen molar-refractivity contribution in [2.45, 2.75) is 31.1 Å². The lowest BCUT2D eigenvalue weighted by Crippen LogP contribution is -2.20. The topological polar surface area (TPSA) is 55.5 Å². The summed E-state index contributed by atoms with van der Waals surface area (Å²) in [6.07, 6.45) is 1.10. The van der Waals surface area contributed by atoms with Crippen molar-refractivity contribution in [3.05, 3.63) is 0 Å². The predicted molar refractivity (Wildman–Crippen MR) is 34.0 cm³/mol. The Morgan fingerprint density at radius 1 is 1.56 bits per heavy atom. The van der Waals surface area contributed by atoms with Crippen LogP contribution in [-0.2, 0) is 4.74 Å². The zero-order chi connectivity index (χ0) is 6.85. The first kappa shape index (κ1) is 6.99. The molecular weight excluding hydrogens is 118 g/mol. The van der Waals surface area contributed by atoms with Crippen molar-refractivity contribution in [3.8, 4) is 0 Å². The average molecular weight is 131 g/mol. The maximum Gasteiger partial charge on any atom is 0.0845 e. The van der Waals surface area contributed by atoms with E-state index in [1.165, 1.54) is 0 Å². The Hall–Kier alpha value is -0.120. The summed E-state index contributed by atoms with van der Waals surface area (Å²) in [6, 6.07) is 0.130. The summed E-state index contributed by atoms with van der Waals surface area (Å²) in [7, 11) is 1.60. The average Bonchev–Trinajstić information content (AvgIpc) is 2.10. The van der Waals surface area contributed by atoms with Crippen LogP contribution in [-0.4, -0.2) is 30.5 Å². The highest BCUT2D eigenvalue weighted by atomic mass is 16.5. The van der Waals surface area contributed by atoms with Crippen molar-refractivity contribution in [2.75, 3.05) is 7.11 Å². The van der Waals surface area contributed by atoms with E-state index in [1.807, 2.05) is 0 Å². The highest BCUT2D eigenvalue weighted by Crippen LogP contribution is 2.19. The van der Waals surface area contributed by atoms with Gasteiger partial charge in [0.05, 0.1) is 12.2 Å². The van der Waals surface area contributed by atoms with E-state index in [9.17, 15) is 0 Å². The fourth-order valence-corrected chi connectivity index (χ4v) is 1.27. The molecule has 0 spiro atoms. The predicted octanol–water partition coefficient (Wildman–Crippen LogP) is -0.517. The van der Waals surface area contributed by atoms with E-state index in [-0.39, 0.29) is 18.2 Å². The van der Waals surface area contributed by atoms with E-state index < -0.39 is 0 Å². The van der Waals surface area contributed by atoms with E-state index in [0.717, 1.165) is 6.42 Å². The number of hydrogen-bond acceptors (Lipinski definition) is 3. The van der Waals surface area contributed by atoms with Crippen LogP contribution in [0.1, 0.15) is 12.8 Å². The molecule has 0 amide bonds. The molecule has 0 aromatic heterocycles. The van der Waals surface area contributed by atoms with E-state index in [0.29, 0.717) is 6.42 Å². The van der Waals surface area contributed by atoms with Gasteiger partial charge in [-0.3, -0.25) is 0 Å². The summed E-state index contributed by atoms with van der Waals surface area (Å²) in [5.74, 6) is 0. The molecule has 1 aliphatic carbocycles. The minimum absolute atomic E-state index is 0.0278. The van der Waals surface area contributed by atoms with Crippen molar-refractivity contribution in [1.29, 1.82) is 0 Å². The maximum atomic E-state index is 9.15. The molecule has 0 aromatic carbocycles. The zero-order valence-electron chi connectivity index (χ0n) is 5.58. The van der Waals surface area contributed by atoms with Gasteiger partial charge in [-0.2, -0.15) is 0 Å². The van der Waals surface area contributed by atoms with Crippen LogP contribution in [0.5, 0.6) is 0 Å². The third-order valence-corrected chi connectivity index (χ3v) is 1.81. The first-order valence-electron chi connectivity index (χ1n) is 3.20. The lowest BCUT2D eigenvalue weighted by Gasteiger charge is -2.10. The Balaban J connectivity index is 2.38. The van der Waals surface area contributed by atoms with Gasteiger partial charge in [-0.05, 0) is 12.8 Å². The smallest absolute Gasteiger partial charge is 0.0845 e. The van der Waals surface area contributed by atoms with Gasteiger partial charge in [0.2, 0.25) is 0 Å². The lowest BCUT2D eigenvalue weighted by atomic mass is 10.3. The molecule has 0 aromatic rings. The summed E-state index contributed by atoms with van der Waals surface area (Å²) in [6.45, 7) is 0. The van der Waals surface area contributed by atoms with Crippen LogP contribution in [0.4, 0.5) is 0 Å². The van der Waals surface area contributed by atoms with Crippen LogP contribution >= 0.6 is 0 Å². The molecule has 0 heterocycles. The first-order chi connectivity index (χ1) is 4.24. The highest BCUT2D eigenvalue weighted by Gasteiger charge is 2.30. The lowest BCUT2D eigenvalue weighted by molar-refractivity contribution is 0.00981. The minimum Gasteiger partial charge on any atom is -0.390 e. The van der Waals surface area contributed by atoms with Gasteiger partial charge < -0.3 is 15.6 Å². The number of hydrogen-bond donors (Lipinski definition) is 2. The van der Waals surface area contributed by atoms with Gasteiger partial charge in [0, 0.05) is 13.2 Å². The first-order valence-corrected chi connectivity index (χ1v) is 3.20. The molecule has 3 N–H and O–H groups in total. The second-order valence-electron chi connectivity index (χ2n) is 2.57. The van der Waals surface area contributed by atoms with Gasteiger partial charge >= 0.3 is 0 Å². The van der Waals surface area contributed by atoms with Crippen molar-refractivity contribution < 1.29 is 9.84 Å². The second kappa shape index (κ2) is 2.64. The summed E-state index contributed by atoms with van der Waals surface area (Å²) in [5.41, 5.74) is 5.55. The molecule has 54 valence electrons. The number of aliphatic hydroxyl groups excluding tert-OH is 1. The van der Waals surface area contributed by atoms with Crippen LogP contribution < -0.4 is 5.73 Å². The number of rotatable bonds is 1. The fourth-order valence-electron chi connectivity index (χ4n) is 1.27. The van der Waals surface area contributed by atoms with Gasteiger partial charge in [-0.1, -0.05) is 0 Å². The molecule has 0 unspecified atom stereocenters. The molecule has 1 aliphatic rings. The standard InChI is InChI=1S/C6H13NO2/c1-9-6-3-4(7)2-5(6)8/h4-6,8H,2-3,7H2,1H3/t4-,5-,6-/m1/s1. The van der Waals surface area contributed by atoms with Gasteiger partial charge in [0.1, 0.15) is 0 Å². The third-order valence-electron chi connectivity index (χ3n) is 1.81. The fraction of sp³-hybridized carbons (Fsp3) is 1.00. The Bertz CT molecular complexity index is 97.1. The highest BCUT2D eigenvalue weighted by molar-refractivity contribution is 4.85. The molecule has 3 heteroatoms. The Labute approximate surface area is 54.8 Å². The summed E-state index contributed by atoms with van der Waals surface area (Å²) >= 11 is 0. The molecule has 1 saturated carbocycles. The molecule has 0 bridgehead atoms. The van der Waals surface area contributed by atoms with E-state index in [4.69, 9.17) is 15.6 Å². The van der Waals surface area contributed by atoms with Gasteiger partial charge in [0.25, 0.3) is 0 Å². The molecule has 9 heavy (non-hydrogen) atoms. The van der Waals surface area contributed by atoms with Crippen LogP contribution in [0.3, 0.4) is 0 Å². The van der Waals surface area contributed by atoms with E-state index >= 15 is 0 Å². The third kappa shape index (κ3) is 1.41. The van der Waals surface area contributed by atoms with Gasteiger partial charge in [-0.25, -0.2) is 0 Å². The maximum absolute atomic E-state index is 9.15. The van der Waals surface area contributed by atoms with Crippen molar-refractivity contribution in [3.63, 3.8) is 0 Å². The molecule has 1 fully saturated rings. The summed E-state index contributed by atoms with van der Waals surface area (Å²) in [5, 5.41) is 9.15. The molecule has 3 atom stereocenters. The van der Waals surface area contributed by atoms with E-state index in [1.54, 1.807) is 7.11 Å². The summed E-state index contributed by atoms with van der Waals surface area (Å²) in [4.78, 5) is 0. The number of methoxy groups -OCH3 is 1. The number of ether oxygens (including phenoxy) is 1. The van der Waals surface area contributed by atoms with Crippen LogP contribution in [0.2, 0.25) is 0 Å². The van der Waals surface area contributed by atoms with Crippen molar-refractivity contribution in [1.82, 2.24) is 0 Å². The van der Waals surface area contributed by atoms with Crippen LogP contribution in [0, 0.1) is 0 Å². The van der Waals surface area contributed by atoms with Gasteiger partial charge in [0.15, 0.2) is 0 Å². The Kier molecular flexibility index (Phi) is 2.05. The Morgan fingerprint density at radius 3 is 2.44 bits per heavy atom. The second-order valence-corrected chi connectivity index (χ2v) is 2.57. The quantitative estimate of drug-likeness (QED) is 0.503. The van der Waals surface area contributed by atoms with Gasteiger partial charge in [-0.15, -0.1) is 0 Å². The molecular formula is C6H13NO2. The summed E-state index contributed by atoms with van der Waals surface area (Å²) < 4.78 is 4.96. The minimum atomic E-state index is -0.343. The molecule has 1 rings (SSSR count). The monoisotopic (exact) mass is 131 g/mol. The molecule has 3 nitrogen and oxygen atoms in total. The molecule has 0 saturated heterocycles. The van der Waals surface area contributed by atoms with Crippen molar-refractivity contribution in [2.24, 2.45) is 5.73 Å². The SMILES string of the molecule is CO[C@@H]1C[C@H](N)C[C@H]1O. The van der Waals surface area contributed by atoms with Crippen LogP contribution in [0.25, 0.3) is 0 Å². The number of nitrogens with two attached hydrogens (primary N) is 1. The Morgan fingerprint density at radius 2 is 2.22 bits per heavy atom. The molecule has 0 radical (unpaired) electrons. The number of aliphatic hydroxyl groups is 1.